The average Bonchev–Trinajstić information content (AvgIpc) is 3.30. The third-order valence-electron chi connectivity index (χ3n) is 6.56. The zero-order valence-corrected chi connectivity index (χ0v) is 23.6. The molecule has 3 N–H and O–H groups in total. The second kappa shape index (κ2) is 11.6. The van der Waals surface area contributed by atoms with Gasteiger partial charge in [-0.2, -0.15) is 13.9 Å². The molecule has 3 heterocycles. The van der Waals surface area contributed by atoms with Crippen molar-refractivity contribution in [3.63, 3.8) is 0 Å². The second-order valence-corrected chi connectivity index (χ2v) is 10.3. The number of halogens is 3. The highest BCUT2D eigenvalue weighted by Crippen LogP contribution is 2.41. The second-order valence-electron chi connectivity index (χ2n) is 9.55. The lowest BCUT2D eigenvalue weighted by atomic mass is 10.0. The predicted molar refractivity (Wildman–Crippen MR) is 159 cm³/mol. The Balaban J connectivity index is 1.61. The fourth-order valence-electron chi connectivity index (χ4n) is 4.53. The first kappa shape index (κ1) is 28.1. The highest BCUT2D eigenvalue weighted by atomic mass is 32.2. The van der Waals surface area contributed by atoms with Crippen molar-refractivity contribution in [3.8, 4) is 28.1 Å². The molecule has 0 spiro atoms. The van der Waals surface area contributed by atoms with Gasteiger partial charge >= 0.3 is 5.76 Å². The zero-order chi connectivity index (χ0) is 29.3. The van der Waals surface area contributed by atoms with Crippen molar-refractivity contribution in [2.45, 2.75) is 18.8 Å². The van der Waals surface area contributed by atoms with E-state index in [4.69, 9.17) is 15.6 Å². The average molecular weight is 580 g/mol. The lowest BCUT2D eigenvalue weighted by Crippen LogP contribution is -2.10. The summed E-state index contributed by atoms with van der Waals surface area (Å²) in [6.07, 6.45) is 2.95. The third-order valence-corrected chi connectivity index (χ3v) is 7.08. The van der Waals surface area contributed by atoms with Crippen LogP contribution in [0.15, 0.2) is 67.0 Å². The third kappa shape index (κ3) is 5.87. The van der Waals surface area contributed by atoms with Crippen LogP contribution >= 0.6 is 11.9 Å². The lowest BCUT2D eigenvalue weighted by molar-refractivity contribution is 0.228. The summed E-state index contributed by atoms with van der Waals surface area (Å²) in [6.45, 7) is 1.80. The van der Waals surface area contributed by atoms with Crippen molar-refractivity contribution in [2.75, 3.05) is 29.5 Å². The van der Waals surface area contributed by atoms with Crippen LogP contribution in [0.2, 0.25) is 0 Å². The first-order valence-corrected chi connectivity index (χ1v) is 13.5. The smallest absolute Gasteiger partial charge is 0.302 e. The Kier molecular flexibility index (Phi) is 7.93. The minimum Gasteiger partial charge on any atom is -0.484 e. The van der Waals surface area contributed by atoms with Crippen molar-refractivity contribution in [1.82, 2.24) is 19.7 Å². The van der Waals surface area contributed by atoms with Gasteiger partial charge in [0.05, 0.1) is 16.6 Å². The molecule has 3 aromatic heterocycles. The van der Waals surface area contributed by atoms with Gasteiger partial charge in [0.2, 0.25) is 0 Å². The molecular weight excluding hydrogens is 551 g/mol. The largest absolute Gasteiger partial charge is 0.484 e. The Morgan fingerprint density at radius 2 is 1.78 bits per heavy atom. The molecule has 0 aliphatic rings. The van der Waals surface area contributed by atoms with E-state index in [1.54, 1.807) is 54.3 Å². The molecule has 0 amide bonds. The number of nitrogen functional groups attached to an aromatic ring is 1. The number of hydrogen-bond acceptors (Lipinski definition) is 8. The summed E-state index contributed by atoms with van der Waals surface area (Å²) in [4.78, 5) is 10.8. The topological polar surface area (TPSA) is 94.1 Å². The molecule has 1 atom stereocenters. The Hall–Kier alpha value is -4.45. The van der Waals surface area contributed by atoms with E-state index in [0.29, 0.717) is 33.9 Å². The van der Waals surface area contributed by atoms with Crippen LogP contribution in [0.3, 0.4) is 0 Å². The van der Waals surface area contributed by atoms with Gasteiger partial charge in [0.1, 0.15) is 35.0 Å². The molecule has 5 rings (SSSR count). The number of anilines is 3. The highest BCUT2D eigenvalue weighted by molar-refractivity contribution is 8.00. The molecule has 1 unspecified atom stereocenters. The van der Waals surface area contributed by atoms with Gasteiger partial charge in [0.25, 0.3) is 0 Å². The van der Waals surface area contributed by atoms with Crippen LogP contribution in [0.5, 0.6) is 5.75 Å². The van der Waals surface area contributed by atoms with Crippen LogP contribution in [-0.2, 0) is 7.05 Å². The summed E-state index contributed by atoms with van der Waals surface area (Å²) in [5.74, 6) is -1.60. The van der Waals surface area contributed by atoms with E-state index in [1.807, 2.05) is 38.2 Å². The summed E-state index contributed by atoms with van der Waals surface area (Å²) in [6, 6.07) is 14.9. The Morgan fingerprint density at radius 1 is 1.02 bits per heavy atom. The molecule has 12 heteroatoms. The normalized spacial score (nSPS) is 12.1. The summed E-state index contributed by atoms with van der Waals surface area (Å²) in [7, 11) is 5.66. The van der Waals surface area contributed by atoms with Gasteiger partial charge in [-0.3, -0.25) is 4.68 Å². The minimum absolute atomic E-state index is 0.266. The van der Waals surface area contributed by atoms with E-state index >= 15 is 0 Å². The van der Waals surface area contributed by atoms with Gasteiger partial charge < -0.3 is 20.1 Å². The van der Waals surface area contributed by atoms with Crippen molar-refractivity contribution >= 4 is 40.2 Å². The maximum Gasteiger partial charge on any atom is 0.302 e. The number of nitrogens with zero attached hydrogens (tertiary/aromatic N) is 5. The predicted octanol–water partition coefficient (Wildman–Crippen LogP) is 6.91. The Morgan fingerprint density at radius 3 is 2.49 bits per heavy atom. The van der Waals surface area contributed by atoms with E-state index in [9.17, 15) is 13.2 Å². The van der Waals surface area contributed by atoms with E-state index in [1.165, 1.54) is 12.1 Å². The molecule has 0 fully saturated rings. The maximum absolute atomic E-state index is 13.5. The Bertz CT molecular complexity index is 1690. The minimum atomic E-state index is -2.64. The zero-order valence-electron chi connectivity index (χ0n) is 22.8. The monoisotopic (exact) mass is 579 g/mol. The van der Waals surface area contributed by atoms with Gasteiger partial charge in [-0.05, 0) is 54.4 Å². The molecule has 8 nitrogen and oxygen atoms in total. The molecular formula is C29H28F3N7OS. The number of pyridine rings is 2. The van der Waals surface area contributed by atoms with Gasteiger partial charge in [0, 0.05) is 56.6 Å². The number of alkyl halides is 2. The number of aromatic nitrogens is 4. The molecule has 0 aliphatic carbocycles. The summed E-state index contributed by atoms with van der Waals surface area (Å²) < 4.78 is 50.1. The first-order valence-electron chi connectivity index (χ1n) is 12.6. The molecule has 0 bridgehead atoms. The Labute approximate surface area is 239 Å². The van der Waals surface area contributed by atoms with Crippen LogP contribution in [0.25, 0.3) is 33.3 Å². The van der Waals surface area contributed by atoms with Crippen LogP contribution in [0.4, 0.5) is 30.5 Å². The molecule has 41 heavy (non-hydrogen) atoms. The van der Waals surface area contributed by atoms with Crippen LogP contribution in [0.1, 0.15) is 18.6 Å². The SMILES string of the molecule is CC(Oc1cc(-c2nn(C)c3c(-c4ccnc(N(C)C)c4)cnc(N)c23)ccc1NSC(F)F)c1ccc(F)cc1. The first-order chi connectivity index (χ1) is 19.6. The standard InChI is InChI=1S/C29H28F3N7OS/c1-16(17-5-8-20(30)9-6-17)40-23-13-19(7-10-22(23)37-41-29(31)32)26-25-27(39(4)36-26)21(15-35-28(25)33)18-11-12-34-24(14-18)38(2)3/h5-16,29,37H,1-4H3,(H2,33,35). The quantitative estimate of drug-likeness (QED) is 0.182. The number of nitrogens with two attached hydrogens (primary N) is 1. The molecule has 212 valence electrons. The van der Waals surface area contributed by atoms with Gasteiger partial charge in [0.15, 0.2) is 0 Å². The molecule has 0 radical (unpaired) electrons. The van der Waals surface area contributed by atoms with Crippen molar-refractivity contribution < 1.29 is 17.9 Å². The molecule has 2 aromatic carbocycles. The number of ether oxygens (including phenoxy) is 1. The number of aryl methyl sites for hydroxylation is 1. The van der Waals surface area contributed by atoms with E-state index in [-0.39, 0.29) is 17.8 Å². The maximum atomic E-state index is 13.5. The van der Waals surface area contributed by atoms with Crippen molar-refractivity contribution in [2.24, 2.45) is 7.05 Å². The fraction of sp³-hybridized carbons (Fsp3) is 0.207. The van der Waals surface area contributed by atoms with Gasteiger partial charge in [-0.25, -0.2) is 14.4 Å². The number of nitrogens with one attached hydrogen (secondary N) is 1. The van der Waals surface area contributed by atoms with E-state index in [2.05, 4.69) is 14.7 Å². The van der Waals surface area contributed by atoms with E-state index in [0.717, 1.165) is 28.0 Å². The lowest BCUT2D eigenvalue weighted by Gasteiger charge is -2.19. The molecule has 0 saturated carbocycles. The summed E-state index contributed by atoms with van der Waals surface area (Å²) in [5, 5.41) is 5.43. The van der Waals surface area contributed by atoms with Gasteiger partial charge in [-0.15, -0.1) is 0 Å². The molecule has 0 aliphatic heterocycles. The number of hydrogen-bond donors (Lipinski definition) is 2. The van der Waals surface area contributed by atoms with Crippen LogP contribution < -0.4 is 20.1 Å². The van der Waals surface area contributed by atoms with Crippen molar-refractivity contribution in [3.05, 3.63) is 78.4 Å². The molecule has 5 aromatic rings. The highest BCUT2D eigenvalue weighted by Gasteiger charge is 2.21. The van der Waals surface area contributed by atoms with E-state index < -0.39 is 11.9 Å². The number of fused-ring (bicyclic) bond motifs is 1. The number of benzene rings is 2. The number of rotatable bonds is 9. The van der Waals surface area contributed by atoms with Crippen LogP contribution in [0, 0.1) is 5.82 Å². The molecule has 0 saturated heterocycles. The van der Waals surface area contributed by atoms with Gasteiger partial charge in [-0.1, -0.05) is 18.2 Å². The fourth-order valence-corrected chi connectivity index (χ4v) is 4.92. The summed E-state index contributed by atoms with van der Waals surface area (Å²) >= 11 is 0.266. The van der Waals surface area contributed by atoms with Crippen molar-refractivity contribution in [1.29, 1.82) is 0 Å². The van der Waals surface area contributed by atoms with Crippen LogP contribution in [-0.4, -0.2) is 39.6 Å². The summed E-state index contributed by atoms with van der Waals surface area (Å²) in [5.41, 5.74) is 11.2.